The van der Waals surface area contributed by atoms with Gasteiger partial charge in [-0.2, -0.15) is 0 Å². The van der Waals surface area contributed by atoms with Crippen molar-refractivity contribution in [2.24, 2.45) is 0 Å². The SMILES string of the molecule is O=C[C@H](O)[C@@H](O)[C@H](O)[C@H](O)CO.[Cu]. The fraction of sp³-hybridized carbons (Fsp3) is 0.833. The number of aliphatic hydroxyl groups excluding tert-OH is 5. The summed E-state index contributed by atoms with van der Waals surface area (Å²) >= 11 is 0. The van der Waals surface area contributed by atoms with Gasteiger partial charge in [0.15, 0.2) is 6.29 Å². The van der Waals surface area contributed by atoms with Gasteiger partial charge < -0.3 is 30.3 Å². The monoisotopic (exact) mass is 243 g/mol. The van der Waals surface area contributed by atoms with Gasteiger partial charge in [0.05, 0.1) is 6.61 Å². The van der Waals surface area contributed by atoms with Gasteiger partial charge in [0.2, 0.25) is 0 Å². The van der Waals surface area contributed by atoms with Crippen LogP contribution in [0.4, 0.5) is 0 Å². The maximum Gasteiger partial charge on any atom is 0.151 e. The number of aldehydes is 1. The van der Waals surface area contributed by atoms with E-state index in [0.717, 1.165) is 0 Å². The van der Waals surface area contributed by atoms with Crippen LogP contribution in [0.15, 0.2) is 0 Å². The first-order valence-corrected chi connectivity index (χ1v) is 3.33. The van der Waals surface area contributed by atoms with E-state index in [1.807, 2.05) is 0 Å². The zero-order valence-electron chi connectivity index (χ0n) is 6.54. The molecule has 0 saturated heterocycles. The van der Waals surface area contributed by atoms with E-state index in [2.05, 4.69) is 0 Å². The number of aliphatic hydroxyl groups is 5. The van der Waals surface area contributed by atoms with E-state index < -0.39 is 31.0 Å². The Bertz CT molecular complexity index is 143. The fourth-order valence-corrected chi connectivity index (χ4v) is 0.618. The molecule has 0 aliphatic heterocycles. The second kappa shape index (κ2) is 7.40. The number of rotatable bonds is 5. The summed E-state index contributed by atoms with van der Waals surface area (Å²) in [7, 11) is 0. The van der Waals surface area contributed by atoms with Gasteiger partial charge >= 0.3 is 0 Å². The van der Waals surface area contributed by atoms with Crippen LogP contribution in [0.25, 0.3) is 0 Å². The summed E-state index contributed by atoms with van der Waals surface area (Å²) in [6, 6.07) is 0. The van der Waals surface area contributed by atoms with Crippen molar-refractivity contribution in [3.05, 3.63) is 0 Å². The van der Waals surface area contributed by atoms with Gasteiger partial charge in [0, 0.05) is 17.1 Å². The molecule has 0 aromatic carbocycles. The molecular formula is C6H12CuO6. The van der Waals surface area contributed by atoms with E-state index in [1.165, 1.54) is 0 Å². The Morgan fingerprint density at radius 3 is 1.85 bits per heavy atom. The van der Waals surface area contributed by atoms with Gasteiger partial charge in [-0.25, -0.2) is 0 Å². The standard InChI is InChI=1S/C6H12O6.Cu/c7-1-3(9)5(11)6(12)4(10)2-8;/h1,3-6,8-12H,2H2;/t3-,4+,5+,6+;/m0./s1. The Morgan fingerprint density at radius 1 is 1.08 bits per heavy atom. The number of hydrogen-bond acceptors (Lipinski definition) is 6. The Kier molecular flexibility index (Phi) is 8.80. The van der Waals surface area contributed by atoms with Gasteiger partial charge in [0.1, 0.15) is 24.4 Å². The summed E-state index contributed by atoms with van der Waals surface area (Å²) in [4.78, 5) is 9.90. The minimum absolute atomic E-state index is 0. The summed E-state index contributed by atoms with van der Waals surface area (Å²) in [6.07, 6.45) is -6.84. The van der Waals surface area contributed by atoms with Crippen LogP contribution in [0.1, 0.15) is 0 Å². The Balaban J connectivity index is 0. The third-order valence-corrected chi connectivity index (χ3v) is 1.42. The van der Waals surface area contributed by atoms with Crippen LogP contribution in [0.5, 0.6) is 0 Å². The minimum Gasteiger partial charge on any atom is -0.394 e. The van der Waals surface area contributed by atoms with Crippen molar-refractivity contribution in [3.63, 3.8) is 0 Å². The normalized spacial score (nSPS) is 19.5. The molecule has 0 heterocycles. The first kappa shape index (κ1) is 15.5. The van der Waals surface area contributed by atoms with Crippen LogP contribution < -0.4 is 0 Å². The average molecular weight is 244 g/mol. The fourth-order valence-electron chi connectivity index (χ4n) is 0.618. The molecule has 13 heavy (non-hydrogen) atoms. The zero-order valence-corrected chi connectivity index (χ0v) is 7.48. The van der Waals surface area contributed by atoms with Crippen LogP contribution in [-0.2, 0) is 21.9 Å². The molecule has 0 aliphatic rings. The maximum atomic E-state index is 9.90. The molecule has 5 N–H and O–H groups in total. The molecule has 4 atom stereocenters. The summed E-state index contributed by atoms with van der Waals surface area (Å²) in [5, 5.41) is 43.5. The minimum atomic E-state index is -1.79. The molecule has 0 aromatic rings. The number of carbonyl (C=O) groups excluding carboxylic acids is 1. The average Bonchev–Trinajstić information content (AvgIpc) is 2.12. The van der Waals surface area contributed by atoms with E-state index in [-0.39, 0.29) is 23.4 Å². The molecule has 0 rings (SSSR count). The van der Waals surface area contributed by atoms with Crippen molar-refractivity contribution in [2.75, 3.05) is 6.61 Å². The third-order valence-electron chi connectivity index (χ3n) is 1.42. The van der Waals surface area contributed by atoms with Gasteiger partial charge in [-0.1, -0.05) is 0 Å². The first-order valence-electron chi connectivity index (χ1n) is 3.33. The predicted octanol–water partition coefficient (Wildman–Crippen LogP) is -3.38. The molecular weight excluding hydrogens is 232 g/mol. The smallest absolute Gasteiger partial charge is 0.151 e. The second-order valence-corrected chi connectivity index (χ2v) is 2.36. The van der Waals surface area contributed by atoms with Crippen molar-refractivity contribution in [1.29, 1.82) is 0 Å². The van der Waals surface area contributed by atoms with E-state index >= 15 is 0 Å². The van der Waals surface area contributed by atoms with Gasteiger partial charge in [-0.15, -0.1) is 0 Å². The van der Waals surface area contributed by atoms with E-state index in [4.69, 9.17) is 25.5 Å². The van der Waals surface area contributed by atoms with Crippen molar-refractivity contribution in [1.82, 2.24) is 0 Å². The molecule has 0 saturated carbocycles. The molecule has 1 radical (unpaired) electrons. The Hall–Kier alpha value is -0.0105. The molecule has 0 bridgehead atoms. The largest absolute Gasteiger partial charge is 0.394 e. The topological polar surface area (TPSA) is 118 Å². The van der Waals surface area contributed by atoms with Gasteiger partial charge in [-0.05, 0) is 0 Å². The third kappa shape index (κ3) is 4.68. The number of hydrogen-bond donors (Lipinski definition) is 5. The first-order chi connectivity index (χ1) is 5.54. The molecule has 0 aromatic heterocycles. The van der Waals surface area contributed by atoms with Crippen LogP contribution in [0.2, 0.25) is 0 Å². The predicted molar refractivity (Wildman–Crippen MR) is 37.2 cm³/mol. The van der Waals surface area contributed by atoms with Crippen molar-refractivity contribution in [3.8, 4) is 0 Å². The van der Waals surface area contributed by atoms with Crippen LogP contribution in [-0.4, -0.2) is 62.8 Å². The van der Waals surface area contributed by atoms with Crippen molar-refractivity contribution in [2.45, 2.75) is 24.4 Å². The molecule has 0 spiro atoms. The van der Waals surface area contributed by atoms with Gasteiger partial charge in [0.25, 0.3) is 0 Å². The molecule has 0 unspecified atom stereocenters. The molecule has 7 heteroatoms. The molecule has 6 nitrogen and oxygen atoms in total. The van der Waals surface area contributed by atoms with Crippen LogP contribution in [0, 0.1) is 0 Å². The van der Waals surface area contributed by atoms with Gasteiger partial charge in [-0.3, -0.25) is 0 Å². The maximum absolute atomic E-state index is 9.90. The molecule has 0 amide bonds. The molecule has 0 aliphatic carbocycles. The summed E-state index contributed by atoms with van der Waals surface area (Å²) in [6.45, 7) is -0.760. The summed E-state index contributed by atoms with van der Waals surface area (Å²) in [5.41, 5.74) is 0. The Morgan fingerprint density at radius 2 is 1.54 bits per heavy atom. The Labute approximate surface area is 85.3 Å². The van der Waals surface area contributed by atoms with Crippen molar-refractivity contribution < 1.29 is 47.4 Å². The van der Waals surface area contributed by atoms with Crippen LogP contribution in [0.3, 0.4) is 0 Å². The van der Waals surface area contributed by atoms with E-state index in [9.17, 15) is 4.79 Å². The van der Waals surface area contributed by atoms with Crippen molar-refractivity contribution >= 4 is 6.29 Å². The van der Waals surface area contributed by atoms with E-state index in [0.29, 0.717) is 0 Å². The summed E-state index contributed by atoms with van der Waals surface area (Å²) in [5.74, 6) is 0. The molecule has 0 fully saturated rings. The van der Waals surface area contributed by atoms with E-state index in [1.54, 1.807) is 0 Å². The zero-order chi connectivity index (χ0) is 9.72. The van der Waals surface area contributed by atoms with Crippen LogP contribution >= 0.6 is 0 Å². The quantitative estimate of drug-likeness (QED) is 0.254. The second-order valence-electron chi connectivity index (χ2n) is 2.36. The molecule has 83 valence electrons. The summed E-state index contributed by atoms with van der Waals surface area (Å²) < 4.78 is 0. The number of carbonyl (C=O) groups is 1.